The van der Waals surface area contributed by atoms with Gasteiger partial charge in [-0.3, -0.25) is 0 Å². The van der Waals surface area contributed by atoms with Crippen LogP contribution in [0.2, 0.25) is 0 Å². The van der Waals surface area contributed by atoms with Crippen LogP contribution < -0.4 is 10.1 Å². The number of hydrogen-bond donors (Lipinski definition) is 1. The molecule has 0 saturated carbocycles. The van der Waals surface area contributed by atoms with E-state index >= 15 is 0 Å². The molecule has 2 nitrogen and oxygen atoms in total. The lowest BCUT2D eigenvalue weighted by Crippen LogP contribution is -2.25. The van der Waals surface area contributed by atoms with Crippen LogP contribution in [0.3, 0.4) is 0 Å². The van der Waals surface area contributed by atoms with Crippen LogP contribution >= 0.6 is 11.8 Å². The second-order valence-corrected chi connectivity index (χ2v) is 6.86. The van der Waals surface area contributed by atoms with E-state index in [1.165, 1.54) is 36.3 Å². The maximum Gasteiger partial charge on any atom is 0.118 e. The molecule has 0 bridgehead atoms. The van der Waals surface area contributed by atoms with Gasteiger partial charge in [-0.1, -0.05) is 26.0 Å². The highest BCUT2D eigenvalue weighted by atomic mass is 32.2. The third-order valence-electron chi connectivity index (χ3n) is 3.65. The lowest BCUT2D eigenvalue weighted by atomic mass is 9.95. The van der Waals surface area contributed by atoms with E-state index in [2.05, 4.69) is 55.2 Å². The number of hydrogen-bond acceptors (Lipinski definition) is 3. The van der Waals surface area contributed by atoms with Crippen molar-refractivity contribution in [1.82, 2.24) is 5.32 Å². The number of ether oxygens (including phenoxy) is 1. The normalized spacial score (nSPS) is 12.3. The Morgan fingerprint density at radius 2 is 1.95 bits per heavy atom. The summed E-state index contributed by atoms with van der Waals surface area (Å²) in [7, 11) is 1.72. The second kappa shape index (κ2) is 11.9. The van der Waals surface area contributed by atoms with Gasteiger partial charge < -0.3 is 10.1 Å². The zero-order valence-electron chi connectivity index (χ0n) is 13.9. The summed E-state index contributed by atoms with van der Waals surface area (Å²) in [6.45, 7) is 6.73. The van der Waals surface area contributed by atoms with Gasteiger partial charge in [0.25, 0.3) is 0 Å². The molecule has 1 rings (SSSR count). The van der Waals surface area contributed by atoms with E-state index in [-0.39, 0.29) is 0 Å². The summed E-state index contributed by atoms with van der Waals surface area (Å²) in [6, 6.07) is 8.54. The number of benzene rings is 1. The second-order valence-electron chi connectivity index (χ2n) is 5.46. The first kappa shape index (κ1) is 18.4. The van der Waals surface area contributed by atoms with Crippen molar-refractivity contribution in [1.29, 1.82) is 0 Å². The molecule has 0 amide bonds. The zero-order valence-corrected chi connectivity index (χ0v) is 14.7. The quantitative estimate of drug-likeness (QED) is 0.579. The number of thioether (sulfide) groups is 1. The molecule has 120 valence electrons. The van der Waals surface area contributed by atoms with Crippen molar-refractivity contribution in [2.24, 2.45) is 5.92 Å². The van der Waals surface area contributed by atoms with Gasteiger partial charge in [0.1, 0.15) is 5.75 Å². The molecule has 0 saturated heterocycles. The van der Waals surface area contributed by atoms with Gasteiger partial charge in [0.2, 0.25) is 0 Å². The summed E-state index contributed by atoms with van der Waals surface area (Å²) in [6.07, 6.45) is 5.02. The minimum atomic E-state index is 0.738. The first-order valence-electron chi connectivity index (χ1n) is 8.21. The van der Waals surface area contributed by atoms with Crippen LogP contribution in [0.25, 0.3) is 0 Å². The van der Waals surface area contributed by atoms with Crippen LogP contribution in [0, 0.1) is 5.92 Å². The van der Waals surface area contributed by atoms with E-state index in [0.29, 0.717) is 0 Å². The Morgan fingerprint density at radius 3 is 2.57 bits per heavy atom. The number of methoxy groups -OCH3 is 1. The number of nitrogens with one attached hydrogen (secondary N) is 1. The Kier molecular flexibility index (Phi) is 10.4. The Bertz CT molecular complexity index is 353. The molecule has 21 heavy (non-hydrogen) atoms. The predicted molar refractivity (Wildman–Crippen MR) is 95.6 cm³/mol. The minimum Gasteiger partial charge on any atom is -0.497 e. The molecule has 1 atom stereocenters. The molecule has 0 aliphatic carbocycles. The summed E-state index contributed by atoms with van der Waals surface area (Å²) >= 11 is 2.05. The number of rotatable bonds is 12. The van der Waals surface area contributed by atoms with Crippen LogP contribution in [0.4, 0.5) is 0 Å². The van der Waals surface area contributed by atoms with E-state index in [1.54, 1.807) is 7.11 Å². The summed E-state index contributed by atoms with van der Waals surface area (Å²) in [4.78, 5) is 0. The molecule has 0 radical (unpaired) electrons. The molecule has 1 aromatic rings. The molecule has 0 fully saturated rings. The minimum absolute atomic E-state index is 0.738. The summed E-state index contributed by atoms with van der Waals surface area (Å²) in [5.74, 6) is 4.21. The fraction of sp³-hybridized carbons (Fsp3) is 0.667. The Balaban J connectivity index is 2.44. The van der Waals surface area contributed by atoms with Crippen molar-refractivity contribution in [3.63, 3.8) is 0 Å². The van der Waals surface area contributed by atoms with Crippen molar-refractivity contribution >= 4 is 11.8 Å². The van der Waals surface area contributed by atoms with E-state index in [1.807, 2.05) is 0 Å². The molecule has 0 aliphatic heterocycles. The standard InChI is InChI=1S/C18H31NOS/c1-4-12-19-15-17(7-6-13-21-5-2)14-16-8-10-18(20-3)11-9-16/h8-11,17,19H,4-7,12-15H2,1-3H3. The van der Waals surface area contributed by atoms with Crippen molar-refractivity contribution in [2.45, 2.75) is 39.5 Å². The third-order valence-corrected chi connectivity index (χ3v) is 4.63. The lowest BCUT2D eigenvalue weighted by molar-refractivity contribution is 0.413. The fourth-order valence-electron chi connectivity index (χ4n) is 2.47. The molecular formula is C18H31NOS. The van der Waals surface area contributed by atoms with Crippen molar-refractivity contribution in [2.75, 3.05) is 31.7 Å². The van der Waals surface area contributed by atoms with Crippen LogP contribution in [0.15, 0.2) is 24.3 Å². The van der Waals surface area contributed by atoms with E-state index in [0.717, 1.165) is 31.2 Å². The van der Waals surface area contributed by atoms with Crippen LogP contribution in [-0.4, -0.2) is 31.7 Å². The maximum absolute atomic E-state index is 5.23. The Labute approximate surface area is 135 Å². The first-order valence-corrected chi connectivity index (χ1v) is 9.37. The van der Waals surface area contributed by atoms with Gasteiger partial charge in [0.15, 0.2) is 0 Å². The first-order chi connectivity index (χ1) is 10.3. The third kappa shape index (κ3) is 8.37. The van der Waals surface area contributed by atoms with Gasteiger partial charge in [0.05, 0.1) is 7.11 Å². The van der Waals surface area contributed by atoms with Crippen molar-refractivity contribution in [3.8, 4) is 5.75 Å². The summed E-state index contributed by atoms with van der Waals surface area (Å²) < 4.78 is 5.23. The molecule has 1 unspecified atom stereocenters. The Morgan fingerprint density at radius 1 is 1.19 bits per heavy atom. The van der Waals surface area contributed by atoms with Gasteiger partial charge in [0, 0.05) is 0 Å². The molecular weight excluding hydrogens is 278 g/mol. The predicted octanol–water partition coefficient (Wildman–Crippen LogP) is 4.39. The highest BCUT2D eigenvalue weighted by Crippen LogP contribution is 2.18. The SMILES string of the molecule is CCCNCC(CCCSCC)Cc1ccc(OC)cc1. The topological polar surface area (TPSA) is 21.3 Å². The van der Waals surface area contributed by atoms with Gasteiger partial charge in [-0.05, 0) is 73.9 Å². The lowest BCUT2D eigenvalue weighted by Gasteiger charge is -2.18. The molecule has 1 aromatic carbocycles. The molecule has 0 aliphatic rings. The van der Waals surface area contributed by atoms with Crippen LogP contribution in [0.5, 0.6) is 5.75 Å². The smallest absolute Gasteiger partial charge is 0.118 e. The monoisotopic (exact) mass is 309 g/mol. The molecule has 0 spiro atoms. The average Bonchev–Trinajstić information content (AvgIpc) is 2.52. The van der Waals surface area contributed by atoms with Gasteiger partial charge in [-0.25, -0.2) is 0 Å². The van der Waals surface area contributed by atoms with Gasteiger partial charge in [-0.15, -0.1) is 0 Å². The fourth-order valence-corrected chi connectivity index (χ4v) is 3.13. The Hall–Kier alpha value is -0.670. The van der Waals surface area contributed by atoms with Crippen molar-refractivity contribution in [3.05, 3.63) is 29.8 Å². The van der Waals surface area contributed by atoms with Crippen LogP contribution in [-0.2, 0) is 6.42 Å². The van der Waals surface area contributed by atoms with E-state index in [4.69, 9.17) is 4.74 Å². The molecule has 3 heteroatoms. The maximum atomic E-state index is 5.23. The summed E-state index contributed by atoms with van der Waals surface area (Å²) in [5, 5.41) is 3.59. The highest BCUT2D eigenvalue weighted by Gasteiger charge is 2.09. The highest BCUT2D eigenvalue weighted by molar-refractivity contribution is 7.99. The van der Waals surface area contributed by atoms with Crippen molar-refractivity contribution < 1.29 is 4.74 Å². The van der Waals surface area contributed by atoms with Crippen LogP contribution in [0.1, 0.15) is 38.7 Å². The zero-order chi connectivity index (χ0) is 15.3. The van der Waals surface area contributed by atoms with Gasteiger partial charge in [-0.2, -0.15) is 11.8 Å². The average molecular weight is 310 g/mol. The molecule has 0 aromatic heterocycles. The molecule has 0 heterocycles. The summed E-state index contributed by atoms with van der Waals surface area (Å²) in [5.41, 5.74) is 1.42. The van der Waals surface area contributed by atoms with E-state index < -0.39 is 0 Å². The molecule has 1 N–H and O–H groups in total. The van der Waals surface area contributed by atoms with E-state index in [9.17, 15) is 0 Å². The van der Waals surface area contributed by atoms with Gasteiger partial charge >= 0.3 is 0 Å². The largest absolute Gasteiger partial charge is 0.497 e.